The highest BCUT2D eigenvalue weighted by molar-refractivity contribution is 7.97. The van der Waals surface area contributed by atoms with Crippen LogP contribution in [-0.4, -0.2) is 48.7 Å². The summed E-state index contributed by atoms with van der Waals surface area (Å²) in [4.78, 5) is 25.7. The number of alkyl halides is 1. The first-order chi connectivity index (χ1) is 9.92. The van der Waals surface area contributed by atoms with Gasteiger partial charge in [-0.25, -0.2) is 0 Å². The van der Waals surface area contributed by atoms with E-state index in [1.54, 1.807) is 12.1 Å². The van der Waals surface area contributed by atoms with E-state index in [0.717, 1.165) is 4.90 Å². The molecule has 21 heavy (non-hydrogen) atoms. The van der Waals surface area contributed by atoms with E-state index >= 15 is 0 Å². The number of anilines is 1. The van der Waals surface area contributed by atoms with E-state index < -0.39 is 12.0 Å². The number of nitrogens with two attached hydrogens (primary N) is 1. The van der Waals surface area contributed by atoms with Crippen LogP contribution in [0.3, 0.4) is 0 Å². The molecule has 2 amide bonds. The number of fused-ring (bicyclic) bond motifs is 1. The lowest BCUT2D eigenvalue weighted by molar-refractivity contribution is -0.125. The van der Waals surface area contributed by atoms with Crippen LogP contribution in [0.15, 0.2) is 23.1 Å². The van der Waals surface area contributed by atoms with Crippen LogP contribution in [0.25, 0.3) is 0 Å². The van der Waals surface area contributed by atoms with Gasteiger partial charge < -0.3 is 15.4 Å². The summed E-state index contributed by atoms with van der Waals surface area (Å²) >= 11 is 7.12. The number of hydrogen-bond donors (Lipinski definition) is 1. The molecular formula is C13H16ClN3O3S. The second kappa shape index (κ2) is 6.55. The fourth-order valence-corrected chi connectivity index (χ4v) is 2.85. The van der Waals surface area contributed by atoms with Gasteiger partial charge in [-0.15, -0.1) is 11.6 Å². The molecule has 1 atom stereocenters. The van der Waals surface area contributed by atoms with Crippen molar-refractivity contribution in [2.45, 2.75) is 11.0 Å². The molecular weight excluding hydrogens is 314 g/mol. The number of carbonyl (C=O) groups is 2. The van der Waals surface area contributed by atoms with Crippen molar-refractivity contribution in [1.82, 2.24) is 4.31 Å². The molecule has 0 radical (unpaired) electrons. The first kappa shape index (κ1) is 15.9. The minimum absolute atomic E-state index is 0.0774. The Bertz CT molecular complexity index is 568. The molecule has 1 unspecified atom stereocenters. The number of ether oxygens (including phenoxy) is 1. The van der Waals surface area contributed by atoms with Crippen molar-refractivity contribution < 1.29 is 14.3 Å². The Morgan fingerprint density at radius 2 is 2.24 bits per heavy atom. The van der Waals surface area contributed by atoms with Crippen LogP contribution in [0, 0.1) is 0 Å². The van der Waals surface area contributed by atoms with Crippen LogP contribution >= 0.6 is 23.5 Å². The molecule has 0 bridgehead atoms. The number of carbonyl (C=O) groups excluding carboxylic acids is 2. The number of amides is 2. The van der Waals surface area contributed by atoms with Gasteiger partial charge in [0.2, 0.25) is 5.91 Å². The van der Waals surface area contributed by atoms with Gasteiger partial charge in [-0.2, -0.15) is 0 Å². The fourth-order valence-electron chi connectivity index (χ4n) is 1.99. The van der Waals surface area contributed by atoms with Crippen LogP contribution in [-0.2, 0) is 9.59 Å². The highest BCUT2D eigenvalue weighted by Crippen LogP contribution is 2.37. The lowest BCUT2D eigenvalue weighted by Gasteiger charge is -2.33. The minimum Gasteiger partial charge on any atom is -0.476 e. The molecule has 2 rings (SSSR count). The van der Waals surface area contributed by atoms with Gasteiger partial charge in [0.05, 0.1) is 12.2 Å². The largest absolute Gasteiger partial charge is 0.476 e. The van der Waals surface area contributed by atoms with E-state index in [1.807, 2.05) is 24.5 Å². The van der Waals surface area contributed by atoms with Crippen molar-refractivity contribution in [1.29, 1.82) is 0 Å². The van der Waals surface area contributed by atoms with Gasteiger partial charge in [0.1, 0.15) is 11.6 Å². The zero-order chi connectivity index (χ0) is 15.6. The molecule has 1 aromatic rings. The molecule has 114 valence electrons. The molecule has 0 spiro atoms. The standard InChI is InChI=1S/C13H16ClN3O3S/c1-16(2)21-8-3-4-9-10(5-8)20-11(13(15)19)7-17(9)12(18)6-14/h3-5,11H,6-7H2,1-2H3,(H2,15,19). The lowest BCUT2D eigenvalue weighted by atomic mass is 10.2. The Hall–Kier alpha value is -1.44. The second-order valence-electron chi connectivity index (χ2n) is 4.68. The Labute approximate surface area is 132 Å². The molecule has 2 N–H and O–H groups in total. The van der Waals surface area contributed by atoms with E-state index in [1.165, 1.54) is 16.8 Å². The molecule has 0 fully saturated rings. The number of hydrogen-bond acceptors (Lipinski definition) is 5. The number of benzene rings is 1. The summed E-state index contributed by atoms with van der Waals surface area (Å²) in [5.41, 5.74) is 5.90. The Balaban J connectivity index is 2.38. The first-order valence-corrected chi connectivity index (χ1v) is 7.55. The third-order valence-corrected chi connectivity index (χ3v) is 3.92. The number of halogens is 1. The maximum absolute atomic E-state index is 11.9. The molecule has 1 heterocycles. The lowest BCUT2D eigenvalue weighted by Crippen LogP contribution is -2.49. The maximum Gasteiger partial charge on any atom is 0.260 e. The first-order valence-electron chi connectivity index (χ1n) is 6.24. The highest BCUT2D eigenvalue weighted by Gasteiger charge is 2.32. The SMILES string of the molecule is CN(C)Sc1ccc2c(c1)OC(C(N)=O)CN2C(=O)CCl. The quantitative estimate of drug-likeness (QED) is 0.660. The maximum atomic E-state index is 11.9. The predicted molar refractivity (Wildman–Crippen MR) is 82.7 cm³/mol. The zero-order valence-electron chi connectivity index (χ0n) is 11.7. The Morgan fingerprint density at radius 3 is 2.81 bits per heavy atom. The van der Waals surface area contributed by atoms with Crippen molar-refractivity contribution in [3.05, 3.63) is 18.2 Å². The molecule has 6 nitrogen and oxygen atoms in total. The van der Waals surface area contributed by atoms with E-state index in [-0.39, 0.29) is 18.3 Å². The van der Waals surface area contributed by atoms with Crippen molar-refractivity contribution in [2.75, 3.05) is 31.4 Å². The number of primary amides is 1. The average molecular weight is 330 g/mol. The molecule has 1 aliphatic rings. The minimum atomic E-state index is -0.871. The third-order valence-electron chi connectivity index (χ3n) is 2.86. The fraction of sp³-hybridized carbons (Fsp3) is 0.385. The molecule has 0 aliphatic carbocycles. The van der Waals surface area contributed by atoms with Gasteiger partial charge in [-0.05, 0) is 44.2 Å². The van der Waals surface area contributed by atoms with Gasteiger partial charge in [-0.3, -0.25) is 13.9 Å². The van der Waals surface area contributed by atoms with E-state index in [4.69, 9.17) is 22.1 Å². The summed E-state index contributed by atoms with van der Waals surface area (Å²) in [6.07, 6.45) is -0.871. The van der Waals surface area contributed by atoms with Gasteiger partial charge in [0.25, 0.3) is 5.91 Å². The van der Waals surface area contributed by atoms with Crippen LogP contribution < -0.4 is 15.4 Å². The van der Waals surface area contributed by atoms with Crippen LogP contribution in [0.2, 0.25) is 0 Å². The summed E-state index contributed by atoms with van der Waals surface area (Å²) in [6, 6.07) is 5.44. The summed E-state index contributed by atoms with van der Waals surface area (Å²) in [7, 11) is 3.83. The van der Waals surface area contributed by atoms with Gasteiger partial charge in [-0.1, -0.05) is 0 Å². The molecule has 1 aromatic carbocycles. The molecule has 0 saturated heterocycles. The Kier molecular flexibility index (Phi) is 4.97. The summed E-state index contributed by atoms with van der Waals surface area (Å²) < 4.78 is 7.53. The summed E-state index contributed by atoms with van der Waals surface area (Å²) in [5.74, 6) is -0.617. The third kappa shape index (κ3) is 3.61. The topological polar surface area (TPSA) is 75.9 Å². The molecule has 0 aromatic heterocycles. The predicted octanol–water partition coefficient (Wildman–Crippen LogP) is 1.07. The van der Waals surface area contributed by atoms with E-state index in [2.05, 4.69) is 0 Å². The van der Waals surface area contributed by atoms with Crippen LogP contribution in [0.5, 0.6) is 5.75 Å². The second-order valence-corrected chi connectivity index (χ2v) is 6.33. The normalized spacial score (nSPS) is 17.3. The highest BCUT2D eigenvalue weighted by atomic mass is 35.5. The van der Waals surface area contributed by atoms with E-state index in [0.29, 0.717) is 11.4 Å². The molecule has 1 aliphatic heterocycles. The summed E-state index contributed by atoms with van der Waals surface area (Å²) in [5, 5.41) is 0. The van der Waals surface area contributed by atoms with Crippen molar-refractivity contribution >= 4 is 41.1 Å². The average Bonchev–Trinajstić information content (AvgIpc) is 2.44. The van der Waals surface area contributed by atoms with Crippen LogP contribution in [0.4, 0.5) is 5.69 Å². The Morgan fingerprint density at radius 1 is 1.52 bits per heavy atom. The molecule has 8 heteroatoms. The summed E-state index contributed by atoms with van der Waals surface area (Å²) in [6.45, 7) is 0.0774. The molecule has 0 saturated carbocycles. The monoisotopic (exact) mass is 329 g/mol. The van der Waals surface area contributed by atoms with Gasteiger partial charge in [0, 0.05) is 4.90 Å². The number of nitrogens with zero attached hydrogens (tertiary/aromatic N) is 2. The smallest absolute Gasteiger partial charge is 0.260 e. The van der Waals surface area contributed by atoms with Gasteiger partial charge in [0.15, 0.2) is 6.10 Å². The van der Waals surface area contributed by atoms with Crippen LogP contribution in [0.1, 0.15) is 0 Å². The van der Waals surface area contributed by atoms with Crippen molar-refractivity contribution in [2.24, 2.45) is 5.73 Å². The van der Waals surface area contributed by atoms with Gasteiger partial charge >= 0.3 is 0 Å². The van der Waals surface area contributed by atoms with Crippen molar-refractivity contribution in [3.8, 4) is 5.75 Å². The number of rotatable bonds is 4. The zero-order valence-corrected chi connectivity index (χ0v) is 13.3. The van der Waals surface area contributed by atoms with E-state index in [9.17, 15) is 9.59 Å². The van der Waals surface area contributed by atoms with Crippen molar-refractivity contribution in [3.63, 3.8) is 0 Å².